The molecule has 20 heavy (non-hydrogen) atoms. The summed E-state index contributed by atoms with van der Waals surface area (Å²) in [6, 6.07) is 5.68. The molecule has 0 spiro atoms. The summed E-state index contributed by atoms with van der Waals surface area (Å²) >= 11 is 0. The predicted molar refractivity (Wildman–Crippen MR) is 75.2 cm³/mol. The molecule has 0 bridgehead atoms. The summed E-state index contributed by atoms with van der Waals surface area (Å²) in [5.74, 6) is 0.795. The van der Waals surface area contributed by atoms with Crippen LogP contribution < -0.4 is 9.47 Å². The van der Waals surface area contributed by atoms with Gasteiger partial charge in [-0.1, -0.05) is 6.07 Å². The molecule has 0 saturated carbocycles. The molecule has 110 valence electrons. The molecule has 2 unspecified atom stereocenters. The summed E-state index contributed by atoms with van der Waals surface area (Å²) < 4.78 is 10.6. The number of likely N-dealkylation sites (N-methyl/N-ethyl adjacent to an activating group) is 1. The zero-order chi connectivity index (χ0) is 14.7. The van der Waals surface area contributed by atoms with Crippen molar-refractivity contribution in [1.82, 2.24) is 4.90 Å². The summed E-state index contributed by atoms with van der Waals surface area (Å²) in [6.07, 6.45) is 1.78. The standard InChI is InChI=1S/C15H21NO4/c1-10(16(3)11(2)15(17)18)4-5-12-6-7-13-14(8-12)20-9-19-13/h6-8,10-11H,4-5,9H2,1-3H3,(H,17,18). The lowest BCUT2D eigenvalue weighted by molar-refractivity contribution is -0.142. The van der Waals surface area contributed by atoms with Crippen molar-refractivity contribution in [2.45, 2.75) is 38.8 Å². The van der Waals surface area contributed by atoms with Gasteiger partial charge in [0, 0.05) is 6.04 Å². The van der Waals surface area contributed by atoms with Gasteiger partial charge in [-0.25, -0.2) is 0 Å². The molecule has 0 saturated heterocycles. The molecule has 0 aromatic heterocycles. The van der Waals surface area contributed by atoms with E-state index in [-0.39, 0.29) is 12.8 Å². The maximum atomic E-state index is 11.0. The Morgan fingerprint density at radius 2 is 2.05 bits per heavy atom. The first kappa shape index (κ1) is 14.7. The summed E-state index contributed by atoms with van der Waals surface area (Å²) in [5.41, 5.74) is 1.18. The van der Waals surface area contributed by atoms with E-state index in [1.54, 1.807) is 6.92 Å². The largest absolute Gasteiger partial charge is 0.480 e. The van der Waals surface area contributed by atoms with Crippen molar-refractivity contribution < 1.29 is 19.4 Å². The van der Waals surface area contributed by atoms with Crippen LogP contribution in [0.25, 0.3) is 0 Å². The Balaban J connectivity index is 1.90. The molecule has 2 atom stereocenters. The number of aliphatic carboxylic acids is 1. The van der Waals surface area contributed by atoms with Gasteiger partial charge in [0.25, 0.3) is 0 Å². The number of carbonyl (C=O) groups is 1. The second kappa shape index (κ2) is 6.13. The Morgan fingerprint density at radius 1 is 1.35 bits per heavy atom. The summed E-state index contributed by atoms with van der Waals surface area (Å²) in [5, 5.41) is 9.02. The summed E-state index contributed by atoms with van der Waals surface area (Å²) in [4.78, 5) is 12.9. The first-order valence-corrected chi connectivity index (χ1v) is 6.82. The lowest BCUT2D eigenvalue weighted by Gasteiger charge is -2.28. The number of carboxylic acids is 1. The minimum absolute atomic E-state index is 0.200. The van der Waals surface area contributed by atoms with Gasteiger partial charge < -0.3 is 14.6 Å². The molecule has 1 N–H and O–H groups in total. The van der Waals surface area contributed by atoms with Crippen molar-refractivity contribution >= 4 is 5.97 Å². The zero-order valence-electron chi connectivity index (χ0n) is 12.1. The quantitative estimate of drug-likeness (QED) is 0.864. The van der Waals surface area contributed by atoms with Crippen LogP contribution in [0.15, 0.2) is 18.2 Å². The number of rotatable bonds is 6. The van der Waals surface area contributed by atoms with Crippen molar-refractivity contribution in [2.75, 3.05) is 13.8 Å². The van der Waals surface area contributed by atoms with E-state index >= 15 is 0 Å². The minimum atomic E-state index is -0.789. The average molecular weight is 279 g/mol. The molecule has 1 aromatic rings. The Bertz CT molecular complexity index is 489. The third-order valence-corrected chi connectivity index (χ3v) is 3.95. The van der Waals surface area contributed by atoms with Crippen molar-refractivity contribution in [2.24, 2.45) is 0 Å². The number of hydrogen-bond acceptors (Lipinski definition) is 4. The SMILES string of the molecule is CC(CCc1ccc2c(c1)OCO2)N(C)C(C)C(=O)O. The van der Waals surface area contributed by atoms with Crippen LogP contribution in [-0.4, -0.2) is 41.9 Å². The third-order valence-electron chi connectivity index (χ3n) is 3.95. The van der Waals surface area contributed by atoms with Crippen molar-refractivity contribution in [3.05, 3.63) is 23.8 Å². The zero-order valence-corrected chi connectivity index (χ0v) is 12.1. The Kier molecular flexibility index (Phi) is 4.49. The van der Waals surface area contributed by atoms with Gasteiger partial charge >= 0.3 is 5.97 Å². The van der Waals surface area contributed by atoms with E-state index in [1.165, 1.54) is 5.56 Å². The van der Waals surface area contributed by atoms with Gasteiger partial charge in [-0.05, 0) is 51.4 Å². The van der Waals surface area contributed by atoms with Crippen LogP contribution in [0.5, 0.6) is 11.5 Å². The second-order valence-corrected chi connectivity index (χ2v) is 5.25. The topological polar surface area (TPSA) is 59.0 Å². The number of hydrogen-bond donors (Lipinski definition) is 1. The predicted octanol–water partition coefficient (Wildman–Crippen LogP) is 2.14. The first-order valence-electron chi connectivity index (χ1n) is 6.82. The molecular weight excluding hydrogens is 258 g/mol. The maximum absolute atomic E-state index is 11.0. The molecule has 0 radical (unpaired) electrons. The fraction of sp³-hybridized carbons (Fsp3) is 0.533. The molecule has 5 heteroatoms. The van der Waals surface area contributed by atoms with Crippen LogP contribution in [0, 0.1) is 0 Å². The number of fused-ring (bicyclic) bond motifs is 1. The van der Waals surface area contributed by atoms with Crippen molar-refractivity contribution in [3.63, 3.8) is 0 Å². The van der Waals surface area contributed by atoms with Gasteiger partial charge in [0.2, 0.25) is 6.79 Å². The third kappa shape index (κ3) is 3.22. The van der Waals surface area contributed by atoms with Gasteiger partial charge in [0.05, 0.1) is 0 Å². The van der Waals surface area contributed by atoms with E-state index in [2.05, 4.69) is 0 Å². The van der Waals surface area contributed by atoms with Crippen LogP contribution in [-0.2, 0) is 11.2 Å². The molecule has 0 amide bonds. The Morgan fingerprint density at radius 3 is 2.75 bits per heavy atom. The summed E-state index contributed by atoms with van der Waals surface area (Å²) in [7, 11) is 1.85. The van der Waals surface area contributed by atoms with E-state index in [1.807, 2.05) is 37.1 Å². The number of benzene rings is 1. The van der Waals surface area contributed by atoms with Gasteiger partial charge in [0.1, 0.15) is 6.04 Å². The molecular formula is C15H21NO4. The molecule has 0 aliphatic carbocycles. The molecule has 1 aromatic carbocycles. The fourth-order valence-electron chi connectivity index (χ4n) is 2.23. The van der Waals surface area contributed by atoms with Crippen LogP contribution in [0.3, 0.4) is 0 Å². The highest BCUT2D eigenvalue weighted by Gasteiger charge is 2.21. The molecule has 1 aliphatic rings. The molecule has 0 fully saturated rings. The van der Waals surface area contributed by atoms with Gasteiger partial charge in [-0.2, -0.15) is 0 Å². The van der Waals surface area contributed by atoms with Gasteiger partial charge in [0.15, 0.2) is 11.5 Å². The van der Waals surface area contributed by atoms with Gasteiger partial charge in [-0.3, -0.25) is 9.69 Å². The highest BCUT2D eigenvalue weighted by atomic mass is 16.7. The van der Waals surface area contributed by atoms with Crippen LogP contribution in [0.4, 0.5) is 0 Å². The van der Waals surface area contributed by atoms with E-state index < -0.39 is 12.0 Å². The van der Waals surface area contributed by atoms with Crippen LogP contribution in [0.1, 0.15) is 25.8 Å². The number of aryl methyl sites for hydroxylation is 1. The first-order chi connectivity index (χ1) is 9.49. The average Bonchev–Trinajstić information content (AvgIpc) is 2.90. The smallest absolute Gasteiger partial charge is 0.320 e. The van der Waals surface area contributed by atoms with Crippen LogP contribution >= 0.6 is 0 Å². The van der Waals surface area contributed by atoms with E-state index in [0.29, 0.717) is 0 Å². The molecule has 5 nitrogen and oxygen atoms in total. The van der Waals surface area contributed by atoms with E-state index in [9.17, 15) is 4.79 Å². The highest BCUT2D eigenvalue weighted by molar-refractivity contribution is 5.72. The molecule has 1 heterocycles. The van der Waals surface area contributed by atoms with Crippen molar-refractivity contribution in [1.29, 1.82) is 0 Å². The van der Waals surface area contributed by atoms with Gasteiger partial charge in [-0.15, -0.1) is 0 Å². The van der Waals surface area contributed by atoms with Crippen molar-refractivity contribution in [3.8, 4) is 11.5 Å². The number of carboxylic acid groups (broad SMARTS) is 1. The number of nitrogens with zero attached hydrogens (tertiary/aromatic N) is 1. The van der Waals surface area contributed by atoms with E-state index in [4.69, 9.17) is 14.6 Å². The highest BCUT2D eigenvalue weighted by Crippen LogP contribution is 2.32. The maximum Gasteiger partial charge on any atom is 0.320 e. The molecule has 1 aliphatic heterocycles. The molecule has 2 rings (SSSR count). The fourth-order valence-corrected chi connectivity index (χ4v) is 2.23. The number of ether oxygens (including phenoxy) is 2. The normalized spacial score (nSPS) is 16.2. The minimum Gasteiger partial charge on any atom is -0.480 e. The monoisotopic (exact) mass is 279 g/mol. The van der Waals surface area contributed by atoms with Crippen LogP contribution in [0.2, 0.25) is 0 Å². The van der Waals surface area contributed by atoms with E-state index in [0.717, 1.165) is 24.3 Å². The Hall–Kier alpha value is -1.75. The summed E-state index contributed by atoms with van der Waals surface area (Å²) in [6.45, 7) is 4.04. The lowest BCUT2D eigenvalue weighted by atomic mass is 10.0. The second-order valence-electron chi connectivity index (χ2n) is 5.25. The lowest BCUT2D eigenvalue weighted by Crippen LogP contribution is -2.41. The Labute approximate surface area is 119 Å².